The van der Waals surface area contributed by atoms with Gasteiger partial charge >= 0.3 is 5.02 Å². The minimum Gasteiger partial charge on any atom is -0.423 e. The van der Waals surface area contributed by atoms with Gasteiger partial charge in [-0.15, -0.1) is 0 Å². The molecule has 1 aromatic carbocycles. The zero-order valence-electron chi connectivity index (χ0n) is 8.42. The third kappa shape index (κ3) is 2.91. The molecule has 18 heavy (non-hydrogen) atoms. The second-order valence-corrected chi connectivity index (χ2v) is 6.59. The second-order valence-electron chi connectivity index (χ2n) is 3.22. The normalized spacial score (nSPS) is 12.7. The van der Waals surface area contributed by atoms with Crippen molar-refractivity contribution in [3.8, 4) is 5.75 Å². The first-order valence-corrected chi connectivity index (χ1v) is 9.65. The van der Waals surface area contributed by atoms with Gasteiger partial charge in [-0.25, -0.2) is 4.45 Å². The first kappa shape index (κ1) is 14.7. The highest BCUT2D eigenvalue weighted by molar-refractivity contribution is 14.2. The van der Waals surface area contributed by atoms with Crippen molar-refractivity contribution in [1.29, 1.82) is 0 Å². The molecule has 1 atom stereocenters. The molecule has 94 valence electrons. The predicted octanol–water partition coefficient (Wildman–Crippen LogP) is 3.60. The molecule has 1 heterocycles. The van der Waals surface area contributed by atoms with Gasteiger partial charge in [-0.05, 0) is 33.6 Å². The van der Waals surface area contributed by atoms with E-state index < -0.39 is 5.02 Å². The SMILES string of the molecule is [B]c1c(OC(F)(F)Br)c(Cl)cc2c1cnn2PI. The molecule has 1 aromatic heterocycles. The van der Waals surface area contributed by atoms with Crippen LogP contribution in [0.4, 0.5) is 8.78 Å². The van der Waals surface area contributed by atoms with Gasteiger partial charge in [0.05, 0.1) is 23.1 Å². The molecule has 2 rings (SSSR count). The monoisotopic (exact) mass is 464 g/mol. The number of hydrogen-bond acceptors (Lipinski definition) is 2. The van der Waals surface area contributed by atoms with Crippen LogP contribution in [0.15, 0.2) is 12.3 Å². The lowest BCUT2D eigenvalue weighted by atomic mass is 9.91. The van der Waals surface area contributed by atoms with Crippen LogP contribution in [0.3, 0.4) is 0 Å². The molecule has 0 amide bonds. The fourth-order valence-electron chi connectivity index (χ4n) is 1.43. The van der Waals surface area contributed by atoms with Crippen LogP contribution in [-0.4, -0.2) is 22.4 Å². The van der Waals surface area contributed by atoms with E-state index in [1.54, 1.807) is 4.45 Å². The molecule has 1 unspecified atom stereocenters. The number of nitrogens with zero attached hydrogens (tertiary/aromatic N) is 2. The molecule has 0 bridgehead atoms. The van der Waals surface area contributed by atoms with Gasteiger partial charge in [-0.1, -0.05) is 11.6 Å². The molecule has 0 fully saturated rings. The van der Waals surface area contributed by atoms with Crippen LogP contribution in [0.2, 0.25) is 5.02 Å². The lowest BCUT2D eigenvalue weighted by Gasteiger charge is -2.15. The molecular weight excluding hydrogens is 462 g/mol. The Hall–Kier alpha value is 0.345. The summed E-state index contributed by atoms with van der Waals surface area (Å²) in [6.07, 6.45) is 1.84. The van der Waals surface area contributed by atoms with E-state index in [4.69, 9.17) is 19.4 Å². The van der Waals surface area contributed by atoms with E-state index in [0.29, 0.717) is 17.3 Å². The van der Waals surface area contributed by atoms with E-state index in [9.17, 15) is 8.78 Å². The molecule has 0 spiro atoms. The van der Waals surface area contributed by atoms with E-state index in [0.717, 1.165) is 0 Å². The van der Waals surface area contributed by atoms with E-state index in [1.807, 2.05) is 0 Å². The van der Waals surface area contributed by atoms with Gasteiger partial charge < -0.3 is 4.74 Å². The Kier molecular flexibility index (Phi) is 4.41. The summed E-state index contributed by atoms with van der Waals surface area (Å²) in [5.41, 5.74) is 0.716. The minimum atomic E-state index is -3.53. The first-order valence-electron chi connectivity index (χ1n) is 4.41. The van der Waals surface area contributed by atoms with Crippen LogP contribution in [0, 0.1) is 0 Å². The minimum absolute atomic E-state index is 0.00975. The highest BCUT2D eigenvalue weighted by Gasteiger charge is 2.29. The smallest absolute Gasteiger partial charge is 0.423 e. The molecule has 3 nitrogen and oxygen atoms in total. The average molecular weight is 465 g/mol. The van der Waals surface area contributed by atoms with Crippen LogP contribution in [0.25, 0.3) is 10.9 Å². The molecule has 2 radical (unpaired) electrons. The molecule has 0 aliphatic carbocycles. The Bertz CT molecular complexity index is 609. The van der Waals surface area contributed by atoms with Crippen LogP contribution in [-0.2, 0) is 0 Å². The van der Waals surface area contributed by atoms with Gasteiger partial charge in [0, 0.05) is 21.3 Å². The third-order valence-corrected chi connectivity index (χ3v) is 4.45. The van der Waals surface area contributed by atoms with Gasteiger partial charge in [0.1, 0.15) is 13.6 Å². The van der Waals surface area contributed by atoms with Crippen molar-refractivity contribution in [3.63, 3.8) is 0 Å². The highest BCUT2D eigenvalue weighted by Crippen LogP contribution is 2.35. The van der Waals surface area contributed by atoms with Crippen molar-refractivity contribution >= 4 is 80.2 Å². The summed E-state index contributed by atoms with van der Waals surface area (Å²) >= 11 is 10.1. The Morgan fingerprint density at radius 2 is 2.28 bits per heavy atom. The molecule has 0 saturated heterocycles. The van der Waals surface area contributed by atoms with Crippen molar-refractivity contribution in [2.75, 3.05) is 0 Å². The van der Waals surface area contributed by atoms with Crippen molar-refractivity contribution in [2.24, 2.45) is 0 Å². The summed E-state index contributed by atoms with van der Waals surface area (Å²) in [6, 6.07) is 1.50. The topological polar surface area (TPSA) is 27.1 Å². The molecule has 0 saturated carbocycles. The summed E-state index contributed by atoms with van der Waals surface area (Å²) in [7, 11) is 5.78. The Morgan fingerprint density at radius 1 is 1.61 bits per heavy atom. The standard InChI is InChI=1S/C8H3BBrClF2IN2OP/c9-6-3-2-15-16(18-14)5(3)1-4(11)7(6)17-8(10,12)13/h1-2,18H. The summed E-state index contributed by atoms with van der Waals surface area (Å²) in [5.74, 6) is -0.262. The maximum Gasteiger partial charge on any atom is 0.459 e. The zero-order valence-corrected chi connectivity index (χ0v) is 13.9. The summed E-state index contributed by atoms with van der Waals surface area (Å²) in [5, 5.41) is 1.09. The maximum absolute atomic E-state index is 12.8. The van der Waals surface area contributed by atoms with Crippen molar-refractivity contribution in [1.82, 2.24) is 9.55 Å². The van der Waals surface area contributed by atoms with Crippen LogP contribution in [0.5, 0.6) is 5.75 Å². The predicted molar refractivity (Wildman–Crippen MR) is 82.4 cm³/mol. The fourth-order valence-corrected chi connectivity index (χ4v) is 3.36. The van der Waals surface area contributed by atoms with E-state index in [2.05, 4.69) is 47.8 Å². The number of aromatic nitrogens is 2. The third-order valence-electron chi connectivity index (χ3n) is 2.12. The van der Waals surface area contributed by atoms with E-state index in [-0.39, 0.29) is 16.2 Å². The Balaban J connectivity index is 2.63. The number of hydrogen-bond donors (Lipinski definition) is 0. The van der Waals surface area contributed by atoms with E-state index in [1.165, 1.54) is 12.3 Å². The fraction of sp³-hybridized carbons (Fsp3) is 0.125. The average Bonchev–Trinajstić information content (AvgIpc) is 2.65. The summed E-state index contributed by atoms with van der Waals surface area (Å²) in [4.78, 5) is 0. The van der Waals surface area contributed by atoms with Crippen LogP contribution in [0.1, 0.15) is 0 Å². The molecule has 0 aliphatic rings. The molecule has 0 aliphatic heterocycles. The van der Waals surface area contributed by atoms with E-state index >= 15 is 0 Å². The molecular formula is C8H3BBrClF2IN2OP. The van der Waals surface area contributed by atoms with Crippen LogP contribution < -0.4 is 10.2 Å². The number of halogens is 5. The maximum atomic E-state index is 12.8. The molecule has 10 heteroatoms. The summed E-state index contributed by atoms with van der Waals surface area (Å²) in [6.45, 7) is 0. The molecule has 0 N–H and O–H groups in total. The first-order chi connectivity index (χ1) is 8.33. The van der Waals surface area contributed by atoms with Crippen molar-refractivity contribution < 1.29 is 13.5 Å². The Morgan fingerprint density at radius 3 is 2.83 bits per heavy atom. The Labute approximate surface area is 130 Å². The molecule has 2 aromatic rings. The van der Waals surface area contributed by atoms with Crippen molar-refractivity contribution in [3.05, 3.63) is 17.3 Å². The zero-order chi connectivity index (χ0) is 13.5. The van der Waals surface area contributed by atoms with Gasteiger partial charge in [0.25, 0.3) is 0 Å². The lowest BCUT2D eigenvalue weighted by Crippen LogP contribution is -2.21. The lowest BCUT2D eigenvalue weighted by molar-refractivity contribution is -0.0795. The van der Waals surface area contributed by atoms with Crippen molar-refractivity contribution in [2.45, 2.75) is 5.02 Å². The number of alkyl halides is 3. The number of fused-ring (bicyclic) bond motifs is 1. The largest absolute Gasteiger partial charge is 0.459 e. The van der Waals surface area contributed by atoms with Crippen LogP contribution >= 0.6 is 55.9 Å². The van der Waals surface area contributed by atoms with Gasteiger partial charge in [-0.3, -0.25) is 0 Å². The van der Waals surface area contributed by atoms with Gasteiger partial charge in [0.15, 0.2) is 0 Å². The number of rotatable bonds is 3. The number of ether oxygens (including phenoxy) is 1. The highest BCUT2D eigenvalue weighted by atomic mass is 127. The quantitative estimate of drug-likeness (QED) is 0.300. The summed E-state index contributed by atoms with van der Waals surface area (Å²) < 4.78 is 31.7. The second kappa shape index (κ2) is 5.38. The number of benzene rings is 1. The van der Waals surface area contributed by atoms with Gasteiger partial charge in [0.2, 0.25) is 0 Å². The van der Waals surface area contributed by atoms with Gasteiger partial charge in [-0.2, -0.15) is 13.9 Å².